The Morgan fingerprint density at radius 1 is 1.33 bits per heavy atom. The first-order chi connectivity index (χ1) is 8.85. The van der Waals surface area contributed by atoms with Crippen molar-refractivity contribution in [2.24, 2.45) is 0 Å². The monoisotopic (exact) mass is 244 g/mol. The third-order valence-corrected chi connectivity index (χ3v) is 3.72. The van der Waals surface area contributed by atoms with Crippen molar-refractivity contribution in [3.63, 3.8) is 0 Å². The van der Waals surface area contributed by atoms with Crippen LogP contribution in [0, 0.1) is 11.3 Å². The maximum absolute atomic E-state index is 9.12. The van der Waals surface area contributed by atoms with E-state index in [9.17, 15) is 0 Å². The molecule has 1 unspecified atom stereocenters. The number of hydrogen-bond acceptors (Lipinski definition) is 3. The Hall–Kier alpha value is -1.37. The average molecular weight is 244 g/mol. The molecular weight excluding hydrogens is 224 g/mol. The van der Waals surface area contributed by atoms with Crippen LogP contribution in [0.1, 0.15) is 36.8 Å². The number of nitrogens with zero attached hydrogens (tertiary/aromatic N) is 2. The van der Waals surface area contributed by atoms with Crippen LogP contribution >= 0.6 is 0 Å². The number of benzene rings is 1. The highest BCUT2D eigenvalue weighted by Gasteiger charge is 2.22. The van der Waals surface area contributed by atoms with Crippen LogP contribution in [0.25, 0.3) is 0 Å². The van der Waals surface area contributed by atoms with Gasteiger partial charge in [0.15, 0.2) is 0 Å². The number of aliphatic hydroxyl groups is 1. The fraction of sp³-hybridized carbons (Fsp3) is 0.533. The van der Waals surface area contributed by atoms with Crippen LogP contribution in [0.5, 0.6) is 0 Å². The molecule has 0 spiro atoms. The summed E-state index contributed by atoms with van der Waals surface area (Å²) in [6.07, 6.45) is 4.47. The minimum Gasteiger partial charge on any atom is -0.396 e. The Kier molecular flexibility index (Phi) is 4.74. The van der Waals surface area contributed by atoms with Crippen molar-refractivity contribution in [2.75, 3.05) is 13.2 Å². The Morgan fingerprint density at radius 2 is 2.17 bits per heavy atom. The summed E-state index contributed by atoms with van der Waals surface area (Å²) >= 11 is 0. The molecule has 0 saturated carbocycles. The molecule has 0 aromatic heterocycles. The Morgan fingerprint density at radius 3 is 2.94 bits per heavy atom. The lowest BCUT2D eigenvalue weighted by Gasteiger charge is -2.35. The summed E-state index contributed by atoms with van der Waals surface area (Å²) in [5.41, 5.74) is 1.87. The number of nitriles is 1. The summed E-state index contributed by atoms with van der Waals surface area (Å²) in [5, 5.41) is 18.2. The van der Waals surface area contributed by atoms with E-state index in [1.165, 1.54) is 12.8 Å². The molecule has 96 valence electrons. The van der Waals surface area contributed by atoms with E-state index < -0.39 is 0 Å². The minimum atomic E-state index is 0.251. The fourth-order valence-corrected chi connectivity index (χ4v) is 2.73. The average Bonchev–Trinajstić information content (AvgIpc) is 2.42. The van der Waals surface area contributed by atoms with Gasteiger partial charge in [0, 0.05) is 19.2 Å². The summed E-state index contributed by atoms with van der Waals surface area (Å²) in [5.74, 6) is 0. The van der Waals surface area contributed by atoms with Gasteiger partial charge in [-0.25, -0.2) is 0 Å². The van der Waals surface area contributed by atoms with E-state index in [1.807, 2.05) is 24.3 Å². The molecule has 0 bridgehead atoms. The van der Waals surface area contributed by atoms with Gasteiger partial charge in [0.25, 0.3) is 0 Å². The first-order valence-electron chi connectivity index (χ1n) is 6.68. The molecule has 1 heterocycles. The van der Waals surface area contributed by atoms with Crippen LogP contribution in [0.2, 0.25) is 0 Å². The normalized spacial score (nSPS) is 20.6. The molecule has 0 aliphatic carbocycles. The topological polar surface area (TPSA) is 47.3 Å². The van der Waals surface area contributed by atoms with E-state index in [4.69, 9.17) is 10.4 Å². The van der Waals surface area contributed by atoms with E-state index in [0.29, 0.717) is 6.04 Å². The molecule has 1 fully saturated rings. The third kappa shape index (κ3) is 3.10. The van der Waals surface area contributed by atoms with Gasteiger partial charge in [-0.2, -0.15) is 5.26 Å². The second kappa shape index (κ2) is 6.53. The summed E-state index contributed by atoms with van der Waals surface area (Å²) in [6.45, 7) is 2.15. The summed E-state index contributed by atoms with van der Waals surface area (Å²) in [7, 11) is 0. The van der Waals surface area contributed by atoms with Gasteiger partial charge in [-0.15, -0.1) is 0 Å². The van der Waals surface area contributed by atoms with Crippen LogP contribution in [-0.2, 0) is 6.54 Å². The molecule has 2 rings (SSSR count). The van der Waals surface area contributed by atoms with Crippen molar-refractivity contribution in [1.82, 2.24) is 4.90 Å². The standard InChI is InChI=1S/C15H20N2O/c16-11-13-5-1-2-6-14(13)12-17-9-4-3-7-15(17)8-10-18/h1-2,5-6,15,18H,3-4,7-10,12H2. The van der Waals surface area contributed by atoms with Crippen LogP contribution in [0.4, 0.5) is 0 Å². The van der Waals surface area contributed by atoms with Crippen LogP contribution in [0.15, 0.2) is 24.3 Å². The molecule has 1 N–H and O–H groups in total. The molecule has 18 heavy (non-hydrogen) atoms. The Bertz CT molecular complexity index is 423. The molecule has 1 aromatic rings. The lowest BCUT2D eigenvalue weighted by atomic mass is 9.98. The Labute approximate surface area is 109 Å². The first-order valence-corrected chi connectivity index (χ1v) is 6.68. The molecule has 1 atom stereocenters. The zero-order chi connectivity index (χ0) is 12.8. The van der Waals surface area contributed by atoms with Gasteiger partial charge in [0.05, 0.1) is 11.6 Å². The lowest BCUT2D eigenvalue weighted by Crippen LogP contribution is -2.39. The smallest absolute Gasteiger partial charge is 0.0995 e. The zero-order valence-electron chi connectivity index (χ0n) is 10.7. The van der Waals surface area contributed by atoms with Gasteiger partial charge < -0.3 is 5.11 Å². The van der Waals surface area contributed by atoms with Crippen molar-refractivity contribution < 1.29 is 5.11 Å². The number of rotatable bonds is 4. The van der Waals surface area contributed by atoms with Gasteiger partial charge in [0.2, 0.25) is 0 Å². The van der Waals surface area contributed by atoms with E-state index in [0.717, 1.165) is 37.1 Å². The molecule has 3 heteroatoms. The molecule has 3 nitrogen and oxygen atoms in total. The van der Waals surface area contributed by atoms with Crippen LogP contribution in [0.3, 0.4) is 0 Å². The summed E-state index contributed by atoms with van der Waals surface area (Å²) in [6, 6.07) is 10.5. The maximum Gasteiger partial charge on any atom is 0.0995 e. The van der Waals surface area contributed by atoms with Gasteiger partial charge >= 0.3 is 0 Å². The predicted octanol–water partition coefficient (Wildman–Crippen LogP) is 2.30. The van der Waals surface area contributed by atoms with Crippen LogP contribution < -0.4 is 0 Å². The van der Waals surface area contributed by atoms with E-state index >= 15 is 0 Å². The summed E-state index contributed by atoms with van der Waals surface area (Å²) in [4.78, 5) is 2.41. The highest BCUT2D eigenvalue weighted by molar-refractivity contribution is 5.37. The van der Waals surface area contributed by atoms with Crippen molar-refractivity contribution in [2.45, 2.75) is 38.3 Å². The molecule has 1 aromatic carbocycles. The van der Waals surface area contributed by atoms with E-state index in [2.05, 4.69) is 11.0 Å². The van der Waals surface area contributed by atoms with Gasteiger partial charge in [-0.05, 0) is 37.4 Å². The van der Waals surface area contributed by atoms with Crippen LogP contribution in [-0.4, -0.2) is 29.2 Å². The van der Waals surface area contributed by atoms with E-state index in [-0.39, 0.29) is 6.61 Å². The lowest BCUT2D eigenvalue weighted by molar-refractivity contribution is 0.112. The number of aliphatic hydroxyl groups excluding tert-OH is 1. The number of piperidine rings is 1. The van der Waals surface area contributed by atoms with Gasteiger partial charge in [-0.1, -0.05) is 24.6 Å². The number of likely N-dealkylation sites (tertiary alicyclic amines) is 1. The van der Waals surface area contributed by atoms with Gasteiger partial charge in [-0.3, -0.25) is 4.90 Å². The maximum atomic E-state index is 9.12. The third-order valence-electron chi connectivity index (χ3n) is 3.72. The second-order valence-electron chi connectivity index (χ2n) is 4.90. The zero-order valence-corrected chi connectivity index (χ0v) is 10.7. The largest absolute Gasteiger partial charge is 0.396 e. The summed E-state index contributed by atoms with van der Waals surface area (Å²) < 4.78 is 0. The molecule has 1 saturated heterocycles. The molecule has 0 radical (unpaired) electrons. The molecule has 1 aliphatic rings. The number of hydrogen-bond donors (Lipinski definition) is 1. The predicted molar refractivity (Wildman–Crippen MR) is 70.9 cm³/mol. The van der Waals surface area contributed by atoms with Crippen molar-refractivity contribution in [1.29, 1.82) is 5.26 Å². The van der Waals surface area contributed by atoms with Crippen molar-refractivity contribution in [3.05, 3.63) is 35.4 Å². The van der Waals surface area contributed by atoms with Crippen molar-refractivity contribution >= 4 is 0 Å². The quantitative estimate of drug-likeness (QED) is 0.884. The first kappa shape index (κ1) is 13.1. The minimum absolute atomic E-state index is 0.251. The molecule has 0 amide bonds. The Balaban J connectivity index is 2.09. The second-order valence-corrected chi connectivity index (χ2v) is 4.90. The van der Waals surface area contributed by atoms with Gasteiger partial charge in [0.1, 0.15) is 0 Å². The highest BCUT2D eigenvalue weighted by Crippen LogP contribution is 2.22. The molecular formula is C15H20N2O. The van der Waals surface area contributed by atoms with E-state index in [1.54, 1.807) is 0 Å². The SMILES string of the molecule is N#Cc1ccccc1CN1CCCCC1CCO. The van der Waals surface area contributed by atoms with Crippen molar-refractivity contribution in [3.8, 4) is 6.07 Å². The molecule has 1 aliphatic heterocycles. The highest BCUT2D eigenvalue weighted by atomic mass is 16.3. The fourth-order valence-electron chi connectivity index (χ4n) is 2.73.